The van der Waals surface area contributed by atoms with Gasteiger partial charge in [0.2, 0.25) is 0 Å². The van der Waals surface area contributed by atoms with Crippen molar-refractivity contribution in [2.45, 2.75) is 18.6 Å². The highest BCUT2D eigenvalue weighted by atomic mass is 19.1. The largest absolute Gasteiger partial charge is 0.369 e. The summed E-state index contributed by atoms with van der Waals surface area (Å²) in [6, 6.07) is 15.5. The number of rotatable bonds is 3. The van der Waals surface area contributed by atoms with Crippen molar-refractivity contribution in [1.82, 2.24) is 5.16 Å². The molecule has 7 rings (SSSR count). The van der Waals surface area contributed by atoms with Crippen LogP contribution >= 0.6 is 0 Å². The molecule has 1 aromatic heterocycles. The molecule has 2 aliphatic heterocycles. The van der Waals surface area contributed by atoms with E-state index in [0.717, 1.165) is 37.2 Å². The Morgan fingerprint density at radius 2 is 1.69 bits per heavy atom. The number of halogens is 1. The van der Waals surface area contributed by atoms with Gasteiger partial charge in [-0.2, -0.15) is 0 Å². The van der Waals surface area contributed by atoms with Crippen LogP contribution in [0.3, 0.4) is 0 Å². The van der Waals surface area contributed by atoms with Gasteiger partial charge in [-0.05, 0) is 30.3 Å². The van der Waals surface area contributed by atoms with Gasteiger partial charge in [0.05, 0.1) is 35.5 Å². The Hall–Kier alpha value is -3.75. The molecule has 0 unspecified atom stereocenters. The first-order valence-electron chi connectivity index (χ1n) is 11.8. The minimum atomic E-state index is -0.500. The van der Waals surface area contributed by atoms with Gasteiger partial charge in [-0.1, -0.05) is 29.4 Å². The van der Waals surface area contributed by atoms with Crippen molar-refractivity contribution in [3.05, 3.63) is 71.5 Å². The number of hydrogen-bond donors (Lipinski definition) is 1. The number of carbonyl (C=O) groups is 1. The summed E-state index contributed by atoms with van der Waals surface area (Å²) in [6.45, 7) is 2.69. The minimum Gasteiger partial charge on any atom is -0.369 e. The van der Waals surface area contributed by atoms with Gasteiger partial charge in [0.1, 0.15) is 11.3 Å². The molecule has 2 saturated heterocycles. The van der Waals surface area contributed by atoms with Crippen LogP contribution in [-0.4, -0.2) is 43.0 Å². The van der Waals surface area contributed by atoms with E-state index < -0.39 is 5.79 Å². The number of hydrogen-bond acceptors (Lipinski definition) is 7. The summed E-state index contributed by atoms with van der Waals surface area (Å²) in [4.78, 5) is 15.9. The monoisotopic (exact) mass is 471 g/mol. The highest BCUT2D eigenvalue weighted by molar-refractivity contribution is 6.28. The Morgan fingerprint density at radius 1 is 0.971 bits per heavy atom. The van der Waals surface area contributed by atoms with E-state index in [9.17, 15) is 9.18 Å². The van der Waals surface area contributed by atoms with Gasteiger partial charge >= 0.3 is 0 Å². The van der Waals surface area contributed by atoms with Crippen molar-refractivity contribution < 1.29 is 23.2 Å². The molecule has 0 saturated carbocycles. The molecule has 0 bridgehead atoms. The van der Waals surface area contributed by atoms with E-state index in [1.807, 2.05) is 24.3 Å². The van der Waals surface area contributed by atoms with E-state index in [2.05, 4.69) is 15.4 Å². The molecule has 7 nitrogen and oxygen atoms in total. The molecule has 35 heavy (non-hydrogen) atoms. The third-order valence-corrected chi connectivity index (χ3v) is 7.18. The quantitative estimate of drug-likeness (QED) is 0.384. The van der Waals surface area contributed by atoms with Gasteiger partial charge in [-0.3, -0.25) is 4.79 Å². The molecule has 1 aliphatic carbocycles. The fraction of sp³-hybridized carbons (Fsp3) is 0.259. The summed E-state index contributed by atoms with van der Waals surface area (Å²) in [5.74, 6) is -0.328. The third-order valence-electron chi connectivity index (χ3n) is 7.18. The van der Waals surface area contributed by atoms with Crippen LogP contribution in [0.1, 0.15) is 28.8 Å². The van der Waals surface area contributed by atoms with E-state index in [4.69, 9.17) is 14.0 Å². The molecule has 3 aromatic carbocycles. The van der Waals surface area contributed by atoms with Gasteiger partial charge in [0.15, 0.2) is 17.3 Å². The molecule has 0 amide bonds. The lowest BCUT2D eigenvalue weighted by molar-refractivity contribution is -0.169. The number of ketones is 1. The molecular formula is C27H22FN3O4. The summed E-state index contributed by atoms with van der Waals surface area (Å²) >= 11 is 0. The maximum absolute atomic E-state index is 13.7. The van der Waals surface area contributed by atoms with Crippen molar-refractivity contribution in [2.24, 2.45) is 0 Å². The van der Waals surface area contributed by atoms with Crippen molar-refractivity contribution >= 4 is 33.7 Å². The summed E-state index contributed by atoms with van der Waals surface area (Å²) in [5, 5.41) is 8.49. The van der Waals surface area contributed by atoms with Crippen molar-refractivity contribution in [3.63, 3.8) is 0 Å². The van der Waals surface area contributed by atoms with Crippen LogP contribution in [0.2, 0.25) is 0 Å². The lowest BCUT2D eigenvalue weighted by Gasteiger charge is -2.39. The van der Waals surface area contributed by atoms with Crippen LogP contribution in [0.5, 0.6) is 0 Å². The molecule has 0 radical (unpaired) electrons. The van der Waals surface area contributed by atoms with E-state index in [0.29, 0.717) is 52.4 Å². The molecule has 0 atom stereocenters. The number of nitrogens with one attached hydrogen (secondary N) is 1. The third kappa shape index (κ3) is 3.17. The van der Waals surface area contributed by atoms with Gasteiger partial charge in [0.25, 0.3) is 0 Å². The molecule has 176 valence electrons. The summed E-state index contributed by atoms with van der Waals surface area (Å²) in [5.41, 5.74) is 4.68. The van der Waals surface area contributed by atoms with Gasteiger partial charge < -0.3 is 24.2 Å². The van der Waals surface area contributed by atoms with E-state index >= 15 is 0 Å². The van der Waals surface area contributed by atoms with Gasteiger partial charge in [0, 0.05) is 42.7 Å². The Labute approximate surface area is 200 Å². The Morgan fingerprint density at radius 3 is 2.43 bits per heavy atom. The zero-order chi connectivity index (χ0) is 23.6. The molecule has 1 spiro atoms. The highest BCUT2D eigenvalue weighted by Gasteiger charge is 2.41. The van der Waals surface area contributed by atoms with Crippen LogP contribution in [-0.2, 0) is 9.47 Å². The zero-order valence-corrected chi connectivity index (χ0v) is 18.8. The molecule has 8 heteroatoms. The summed E-state index contributed by atoms with van der Waals surface area (Å²) in [6.07, 6.45) is 1.48. The zero-order valence-electron chi connectivity index (χ0n) is 18.8. The predicted molar refractivity (Wildman–Crippen MR) is 129 cm³/mol. The molecular weight excluding hydrogens is 449 g/mol. The molecule has 3 heterocycles. The second kappa shape index (κ2) is 7.63. The molecule has 1 N–H and O–H groups in total. The van der Waals surface area contributed by atoms with E-state index in [1.165, 1.54) is 12.1 Å². The van der Waals surface area contributed by atoms with E-state index in [1.54, 1.807) is 18.2 Å². The Balaban J connectivity index is 1.39. The first kappa shape index (κ1) is 20.6. The number of ether oxygens (including phenoxy) is 2. The number of nitrogens with zero attached hydrogens (tertiary/aromatic N) is 2. The van der Waals surface area contributed by atoms with Crippen LogP contribution in [0.4, 0.5) is 21.5 Å². The average molecular weight is 471 g/mol. The standard InChI is InChI=1S/C27H22FN3O4/c28-16-5-7-17(8-6-16)29-20-15-21(31-11-9-27(10-12-31)33-13-14-34-27)24-23-22(20)25(32)18-3-1-2-4-19(18)26(23)35-30-24/h1-8,15,29H,9-14H2. The number of fused-ring (bicyclic) bond motifs is 2. The first-order chi connectivity index (χ1) is 17.1. The Bertz CT molecular complexity index is 1460. The fourth-order valence-electron chi connectivity index (χ4n) is 5.44. The first-order valence-corrected chi connectivity index (χ1v) is 11.8. The smallest absolute Gasteiger partial charge is 0.196 e. The predicted octanol–water partition coefficient (Wildman–Crippen LogP) is 5.27. The molecule has 2 fully saturated rings. The summed E-state index contributed by atoms with van der Waals surface area (Å²) < 4.78 is 31.2. The van der Waals surface area contributed by atoms with Crippen LogP contribution in [0.25, 0.3) is 22.2 Å². The lowest BCUT2D eigenvalue weighted by Crippen LogP contribution is -2.45. The van der Waals surface area contributed by atoms with E-state index in [-0.39, 0.29) is 11.6 Å². The fourth-order valence-corrected chi connectivity index (χ4v) is 5.44. The second-order valence-corrected chi connectivity index (χ2v) is 9.15. The van der Waals surface area contributed by atoms with Crippen molar-refractivity contribution in [2.75, 3.05) is 36.5 Å². The van der Waals surface area contributed by atoms with Crippen LogP contribution < -0.4 is 10.2 Å². The highest BCUT2D eigenvalue weighted by Crippen LogP contribution is 2.47. The minimum absolute atomic E-state index is 0.0946. The number of carbonyl (C=O) groups excluding carboxylic acids is 1. The summed E-state index contributed by atoms with van der Waals surface area (Å²) in [7, 11) is 0. The molecule has 4 aromatic rings. The number of aromatic nitrogens is 1. The number of benzene rings is 3. The molecule has 3 aliphatic rings. The van der Waals surface area contributed by atoms with Crippen molar-refractivity contribution in [1.29, 1.82) is 0 Å². The SMILES string of the molecule is O=C1c2ccccc2-c2onc3c(N4CCC5(CC4)OCCO5)cc(Nc4ccc(F)cc4)c1c23. The Kier molecular flexibility index (Phi) is 4.49. The maximum Gasteiger partial charge on any atom is 0.196 e. The second-order valence-electron chi connectivity index (χ2n) is 9.15. The van der Waals surface area contributed by atoms with Crippen molar-refractivity contribution in [3.8, 4) is 11.3 Å². The number of anilines is 3. The number of piperidine rings is 1. The van der Waals surface area contributed by atoms with Crippen LogP contribution in [0.15, 0.2) is 59.1 Å². The van der Waals surface area contributed by atoms with Gasteiger partial charge in [-0.15, -0.1) is 0 Å². The normalized spacial score (nSPS) is 18.3. The maximum atomic E-state index is 13.7. The lowest BCUT2D eigenvalue weighted by atomic mass is 9.86. The topological polar surface area (TPSA) is 76.8 Å². The van der Waals surface area contributed by atoms with Gasteiger partial charge in [-0.25, -0.2) is 4.39 Å². The van der Waals surface area contributed by atoms with Crippen LogP contribution in [0, 0.1) is 5.82 Å². The average Bonchev–Trinajstić information content (AvgIpc) is 3.53.